The number of nitrogens with one attached hydrogen (secondary N) is 1. The van der Waals surface area contributed by atoms with E-state index in [1.54, 1.807) is 11.3 Å². The predicted molar refractivity (Wildman–Crippen MR) is 87.2 cm³/mol. The number of halogens is 2. The number of hydrogen-bond donors (Lipinski definition) is 1. The van der Waals surface area contributed by atoms with E-state index in [0.29, 0.717) is 5.15 Å². The van der Waals surface area contributed by atoms with Crippen LogP contribution in [0.3, 0.4) is 0 Å². The first-order valence-electron chi connectivity index (χ1n) is 6.44. The van der Waals surface area contributed by atoms with Gasteiger partial charge < -0.3 is 5.32 Å². The minimum Gasteiger partial charge on any atom is -0.362 e. The Balaban J connectivity index is 2.28. The summed E-state index contributed by atoms with van der Waals surface area (Å²) in [6.07, 6.45) is 0. The highest BCUT2D eigenvalue weighted by Gasteiger charge is 2.15. The summed E-state index contributed by atoms with van der Waals surface area (Å²) >= 11 is 13.7. The Morgan fingerprint density at radius 1 is 1.15 bits per heavy atom. The molecule has 0 spiro atoms. The first-order valence-corrected chi connectivity index (χ1v) is 8.01. The Hall–Kier alpha value is -0.840. The second-order valence-electron chi connectivity index (χ2n) is 5.01. The van der Waals surface area contributed by atoms with Gasteiger partial charge in [-0.1, -0.05) is 37.0 Å². The molecule has 0 amide bonds. The van der Waals surface area contributed by atoms with Crippen LogP contribution in [0.25, 0.3) is 0 Å². The lowest BCUT2D eigenvalue weighted by Gasteiger charge is -2.17. The molecule has 0 aliphatic heterocycles. The van der Waals surface area contributed by atoms with Crippen LogP contribution in [0, 0.1) is 6.92 Å². The summed E-state index contributed by atoms with van der Waals surface area (Å²) in [5.41, 5.74) is 0.866. The van der Waals surface area contributed by atoms with Gasteiger partial charge in [0, 0.05) is 16.4 Å². The van der Waals surface area contributed by atoms with E-state index in [4.69, 9.17) is 23.2 Å². The van der Waals surface area contributed by atoms with E-state index >= 15 is 0 Å². The van der Waals surface area contributed by atoms with E-state index in [2.05, 4.69) is 22.2 Å². The predicted octanol–water partition coefficient (Wildman–Crippen LogP) is 5.45. The van der Waals surface area contributed by atoms with Gasteiger partial charge in [0.1, 0.15) is 16.8 Å². The first kappa shape index (κ1) is 15.5. The molecule has 2 aromatic heterocycles. The molecule has 0 aromatic carbocycles. The molecule has 2 aromatic rings. The van der Waals surface area contributed by atoms with Crippen molar-refractivity contribution in [3.8, 4) is 0 Å². The van der Waals surface area contributed by atoms with Crippen LogP contribution in [0.1, 0.15) is 49.0 Å². The minimum atomic E-state index is 0.122. The molecule has 0 aliphatic rings. The second-order valence-corrected chi connectivity index (χ2v) is 7.11. The number of anilines is 1. The van der Waals surface area contributed by atoms with Gasteiger partial charge in [-0.3, -0.25) is 0 Å². The van der Waals surface area contributed by atoms with Crippen LogP contribution < -0.4 is 5.32 Å². The number of aromatic nitrogens is 2. The zero-order valence-electron chi connectivity index (χ0n) is 11.9. The van der Waals surface area contributed by atoms with E-state index in [-0.39, 0.29) is 12.0 Å². The van der Waals surface area contributed by atoms with Gasteiger partial charge in [0.15, 0.2) is 0 Å². The third kappa shape index (κ3) is 3.43. The molecule has 1 unspecified atom stereocenters. The standard InChI is InChI=1S/C14H17Cl2N3S/c1-7(2)13-18-12(16)8(3)14(19-13)17-9(4)10-5-6-11(15)20-10/h5-7,9H,1-4H3,(H,17,18,19). The fourth-order valence-electron chi connectivity index (χ4n) is 1.74. The van der Waals surface area contributed by atoms with Crippen molar-refractivity contribution in [1.29, 1.82) is 0 Å². The molecule has 0 aliphatic carbocycles. The van der Waals surface area contributed by atoms with E-state index in [0.717, 1.165) is 26.4 Å². The van der Waals surface area contributed by atoms with Crippen LogP contribution in [0.15, 0.2) is 12.1 Å². The monoisotopic (exact) mass is 329 g/mol. The molecule has 2 rings (SSSR count). The molecule has 20 heavy (non-hydrogen) atoms. The fraction of sp³-hybridized carbons (Fsp3) is 0.429. The first-order chi connectivity index (χ1) is 9.38. The Morgan fingerprint density at radius 3 is 2.40 bits per heavy atom. The highest BCUT2D eigenvalue weighted by Crippen LogP contribution is 2.30. The third-order valence-corrected chi connectivity index (χ3v) is 4.78. The summed E-state index contributed by atoms with van der Waals surface area (Å²) in [7, 11) is 0. The van der Waals surface area contributed by atoms with Crippen molar-refractivity contribution in [3.63, 3.8) is 0 Å². The highest BCUT2D eigenvalue weighted by molar-refractivity contribution is 7.16. The maximum Gasteiger partial charge on any atom is 0.137 e. The number of thiophene rings is 1. The molecular formula is C14H17Cl2N3S. The van der Waals surface area contributed by atoms with E-state index in [1.165, 1.54) is 0 Å². The normalized spacial score (nSPS) is 12.8. The van der Waals surface area contributed by atoms with Crippen molar-refractivity contribution in [2.75, 3.05) is 5.32 Å². The molecule has 1 N–H and O–H groups in total. The maximum atomic E-state index is 6.19. The quantitative estimate of drug-likeness (QED) is 0.758. The van der Waals surface area contributed by atoms with Crippen LogP contribution in [0.5, 0.6) is 0 Å². The van der Waals surface area contributed by atoms with Gasteiger partial charge in [-0.2, -0.15) is 0 Å². The van der Waals surface area contributed by atoms with Gasteiger partial charge in [-0.25, -0.2) is 9.97 Å². The van der Waals surface area contributed by atoms with E-state index in [9.17, 15) is 0 Å². The maximum absolute atomic E-state index is 6.19. The van der Waals surface area contributed by atoms with Gasteiger partial charge in [0.2, 0.25) is 0 Å². The van der Waals surface area contributed by atoms with Crippen molar-refractivity contribution >= 4 is 40.4 Å². The third-order valence-electron chi connectivity index (χ3n) is 2.99. The van der Waals surface area contributed by atoms with Gasteiger partial charge in [-0.15, -0.1) is 11.3 Å². The Bertz CT molecular complexity index is 610. The molecule has 6 heteroatoms. The summed E-state index contributed by atoms with van der Waals surface area (Å²) < 4.78 is 0.786. The second kappa shape index (κ2) is 6.29. The van der Waals surface area contributed by atoms with Gasteiger partial charge in [0.05, 0.1) is 10.4 Å². The molecule has 0 saturated heterocycles. The van der Waals surface area contributed by atoms with Crippen LogP contribution >= 0.6 is 34.5 Å². The van der Waals surface area contributed by atoms with Crippen molar-refractivity contribution in [3.05, 3.63) is 37.9 Å². The average Bonchev–Trinajstić information content (AvgIpc) is 2.81. The number of hydrogen-bond acceptors (Lipinski definition) is 4. The van der Waals surface area contributed by atoms with E-state index < -0.39 is 0 Å². The minimum absolute atomic E-state index is 0.122. The molecule has 0 bridgehead atoms. The molecule has 2 heterocycles. The molecular weight excluding hydrogens is 313 g/mol. The number of nitrogens with zero attached hydrogens (tertiary/aromatic N) is 2. The van der Waals surface area contributed by atoms with E-state index in [1.807, 2.05) is 32.9 Å². The van der Waals surface area contributed by atoms with Crippen LogP contribution in [-0.2, 0) is 0 Å². The lowest BCUT2D eigenvalue weighted by molar-refractivity contribution is 0.766. The van der Waals surface area contributed by atoms with Crippen molar-refractivity contribution in [2.24, 2.45) is 0 Å². The summed E-state index contributed by atoms with van der Waals surface area (Å²) in [5, 5.41) is 3.89. The van der Waals surface area contributed by atoms with Gasteiger partial charge in [0.25, 0.3) is 0 Å². The zero-order chi connectivity index (χ0) is 14.9. The molecule has 0 radical (unpaired) electrons. The molecule has 1 atom stereocenters. The van der Waals surface area contributed by atoms with Gasteiger partial charge >= 0.3 is 0 Å². The van der Waals surface area contributed by atoms with Crippen molar-refractivity contribution in [2.45, 2.75) is 39.7 Å². The largest absolute Gasteiger partial charge is 0.362 e. The highest BCUT2D eigenvalue weighted by atomic mass is 35.5. The SMILES string of the molecule is Cc1c(Cl)nc(C(C)C)nc1NC(C)c1ccc(Cl)s1. The lowest BCUT2D eigenvalue weighted by Crippen LogP contribution is -2.11. The lowest BCUT2D eigenvalue weighted by atomic mass is 10.2. The summed E-state index contributed by atoms with van der Waals surface area (Å²) in [6, 6.07) is 4.04. The number of rotatable bonds is 4. The van der Waals surface area contributed by atoms with Crippen LogP contribution in [-0.4, -0.2) is 9.97 Å². The summed E-state index contributed by atoms with van der Waals surface area (Å²) in [4.78, 5) is 10.0. The Morgan fingerprint density at radius 2 is 1.85 bits per heavy atom. The molecule has 0 saturated carbocycles. The average molecular weight is 330 g/mol. The van der Waals surface area contributed by atoms with Crippen molar-refractivity contribution < 1.29 is 0 Å². The smallest absolute Gasteiger partial charge is 0.137 e. The summed E-state index contributed by atoms with van der Waals surface area (Å²) in [6.45, 7) is 8.09. The van der Waals surface area contributed by atoms with Gasteiger partial charge in [-0.05, 0) is 26.0 Å². The van der Waals surface area contributed by atoms with Crippen LogP contribution in [0.2, 0.25) is 9.49 Å². The van der Waals surface area contributed by atoms with Crippen molar-refractivity contribution in [1.82, 2.24) is 9.97 Å². The molecule has 108 valence electrons. The zero-order valence-corrected chi connectivity index (χ0v) is 14.2. The Kier molecular flexibility index (Phi) is 4.89. The summed E-state index contributed by atoms with van der Waals surface area (Å²) in [5.74, 6) is 1.77. The Labute approximate surface area is 133 Å². The molecule has 3 nitrogen and oxygen atoms in total. The van der Waals surface area contributed by atoms with Crippen LogP contribution in [0.4, 0.5) is 5.82 Å². The topological polar surface area (TPSA) is 37.8 Å². The fourth-order valence-corrected chi connectivity index (χ4v) is 2.98. The molecule has 0 fully saturated rings.